The van der Waals surface area contributed by atoms with Crippen LogP contribution in [0.4, 0.5) is 13.2 Å². The van der Waals surface area contributed by atoms with E-state index < -0.39 is 12.1 Å². The third kappa shape index (κ3) is 6.78. The van der Waals surface area contributed by atoms with Crippen LogP contribution >= 0.6 is 0 Å². The summed E-state index contributed by atoms with van der Waals surface area (Å²) in [6, 6.07) is 5.73. The average Bonchev–Trinajstić information content (AvgIpc) is 3.31. The number of rotatable bonds is 6. The number of nitrogens with zero attached hydrogens (tertiary/aromatic N) is 4. The van der Waals surface area contributed by atoms with Gasteiger partial charge >= 0.3 is 12.1 Å². The summed E-state index contributed by atoms with van der Waals surface area (Å²) in [6.45, 7) is 3.84. The number of amides is 2. The molecule has 34 heavy (non-hydrogen) atoms. The molecule has 3 unspecified atom stereocenters. The van der Waals surface area contributed by atoms with Crippen molar-refractivity contribution in [1.29, 1.82) is 0 Å². The van der Waals surface area contributed by atoms with Crippen LogP contribution in [-0.4, -0.2) is 61.8 Å². The maximum Gasteiger partial charge on any atom is 0.490 e. The molecule has 1 fully saturated rings. The average molecular weight is 481 g/mol. The largest absolute Gasteiger partial charge is 0.490 e. The van der Waals surface area contributed by atoms with Gasteiger partial charge in [0.15, 0.2) is 0 Å². The Kier molecular flexibility index (Phi) is 7.90. The van der Waals surface area contributed by atoms with Gasteiger partial charge in [0, 0.05) is 37.6 Å². The highest BCUT2D eigenvalue weighted by Gasteiger charge is 2.43. The number of aliphatic carboxylic acids is 1. The van der Waals surface area contributed by atoms with Crippen LogP contribution in [0.2, 0.25) is 0 Å². The molecule has 9 nitrogen and oxygen atoms in total. The van der Waals surface area contributed by atoms with E-state index in [-0.39, 0.29) is 23.8 Å². The monoisotopic (exact) mass is 481 g/mol. The molecule has 0 radical (unpaired) electrons. The van der Waals surface area contributed by atoms with Crippen molar-refractivity contribution in [3.05, 3.63) is 48.0 Å². The summed E-state index contributed by atoms with van der Waals surface area (Å²) in [6.07, 6.45) is 2.26. The number of halogens is 3. The van der Waals surface area contributed by atoms with Crippen LogP contribution in [0.25, 0.3) is 0 Å². The number of hydrogen-bond donors (Lipinski definition) is 2. The van der Waals surface area contributed by atoms with Crippen molar-refractivity contribution >= 4 is 17.8 Å². The zero-order valence-corrected chi connectivity index (χ0v) is 18.5. The third-order valence-electron chi connectivity index (χ3n) is 5.77. The van der Waals surface area contributed by atoms with Crippen LogP contribution < -0.4 is 5.32 Å². The second-order valence-corrected chi connectivity index (χ2v) is 8.42. The summed E-state index contributed by atoms with van der Waals surface area (Å²) < 4.78 is 33.6. The van der Waals surface area contributed by atoms with Gasteiger partial charge in [-0.1, -0.05) is 6.92 Å². The molecular weight excluding hydrogens is 455 g/mol. The first-order valence-corrected chi connectivity index (χ1v) is 10.8. The van der Waals surface area contributed by atoms with Crippen molar-refractivity contribution in [1.82, 2.24) is 25.0 Å². The van der Waals surface area contributed by atoms with E-state index in [1.165, 1.54) is 0 Å². The molecule has 0 bridgehead atoms. The van der Waals surface area contributed by atoms with Gasteiger partial charge in [0.05, 0.1) is 24.7 Å². The highest BCUT2D eigenvalue weighted by molar-refractivity contribution is 5.82. The van der Waals surface area contributed by atoms with Crippen LogP contribution in [0.1, 0.15) is 37.1 Å². The highest BCUT2D eigenvalue weighted by atomic mass is 19.4. The Morgan fingerprint density at radius 2 is 1.82 bits per heavy atom. The van der Waals surface area contributed by atoms with Crippen molar-refractivity contribution in [2.45, 2.75) is 44.9 Å². The van der Waals surface area contributed by atoms with Crippen LogP contribution in [0.3, 0.4) is 0 Å². The molecule has 184 valence electrons. The number of aromatic nitrogens is 3. The van der Waals surface area contributed by atoms with Gasteiger partial charge in [-0.15, -0.1) is 0 Å². The maximum absolute atomic E-state index is 12.7. The summed E-state index contributed by atoms with van der Waals surface area (Å²) in [7, 11) is 0. The molecule has 2 aliphatic rings. The fourth-order valence-corrected chi connectivity index (χ4v) is 3.79. The van der Waals surface area contributed by atoms with Crippen LogP contribution in [0.15, 0.2) is 36.8 Å². The number of carboxylic acid groups (broad SMARTS) is 1. The van der Waals surface area contributed by atoms with E-state index in [4.69, 9.17) is 9.90 Å². The van der Waals surface area contributed by atoms with E-state index >= 15 is 0 Å². The lowest BCUT2D eigenvalue weighted by Crippen LogP contribution is -2.43. The van der Waals surface area contributed by atoms with Crippen molar-refractivity contribution in [2.75, 3.05) is 13.1 Å². The summed E-state index contributed by atoms with van der Waals surface area (Å²) in [5.74, 6) is -1.90. The molecule has 3 heterocycles. The van der Waals surface area contributed by atoms with E-state index in [2.05, 4.69) is 22.3 Å². The van der Waals surface area contributed by atoms with Crippen molar-refractivity contribution in [2.24, 2.45) is 11.8 Å². The van der Waals surface area contributed by atoms with Crippen molar-refractivity contribution in [3.63, 3.8) is 0 Å². The minimum atomic E-state index is -5.08. The summed E-state index contributed by atoms with van der Waals surface area (Å²) >= 11 is 0. The molecule has 1 aliphatic carbocycles. The standard InChI is InChI=1S/C20H25N5O2.C2HF3O2/c1-14-10-18(14)20(27)24-12-16-5-9-23-25(16)17(13-24)11-19(26)22-8-4-15-2-6-21-7-3-15;3-2(4,5)1(6)7/h2-3,5-7,9,14,17-18H,4,8,10-13H2,1H3,(H,22,26);(H,6,7). The van der Waals surface area contributed by atoms with Gasteiger partial charge in [0.1, 0.15) is 0 Å². The number of alkyl halides is 3. The topological polar surface area (TPSA) is 117 Å². The van der Waals surface area contributed by atoms with Gasteiger partial charge in [-0.25, -0.2) is 4.79 Å². The molecule has 1 aliphatic heterocycles. The van der Waals surface area contributed by atoms with Gasteiger partial charge in [-0.3, -0.25) is 19.3 Å². The number of nitrogens with one attached hydrogen (secondary N) is 1. The Labute approximate surface area is 194 Å². The lowest BCUT2D eigenvalue weighted by atomic mass is 10.1. The minimum absolute atomic E-state index is 0.00963. The predicted molar refractivity (Wildman–Crippen MR) is 113 cm³/mol. The molecule has 2 amide bonds. The van der Waals surface area contributed by atoms with Gasteiger partial charge in [0.25, 0.3) is 0 Å². The SMILES string of the molecule is CC1CC1C(=O)N1Cc2ccnn2C(CC(=O)NCCc2ccncc2)C1.O=C(O)C(F)(F)F. The number of fused-ring (bicyclic) bond motifs is 1. The van der Waals surface area contributed by atoms with E-state index in [1.807, 2.05) is 27.8 Å². The Morgan fingerprint density at radius 1 is 1.18 bits per heavy atom. The lowest BCUT2D eigenvalue weighted by molar-refractivity contribution is -0.192. The predicted octanol–water partition coefficient (Wildman–Crippen LogP) is 2.20. The molecule has 0 spiro atoms. The van der Waals surface area contributed by atoms with Gasteiger partial charge in [-0.2, -0.15) is 18.3 Å². The van der Waals surface area contributed by atoms with Gasteiger partial charge in [0.2, 0.25) is 11.8 Å². The maximum atomic E-state index is 12.7. The van der Waals surface area contributed by atoms with E-state index in [0.29, 0.717) is 32.0 Å². The number of pyridine rings is 1. The smallest absolute Gasteiger partial charge is 0.475 e. The Bertz CT molecular complexity index is 1010. The number of carbonyl (C=O) groups excluding carboxylic acids is 2. The zero-order chi connectivity index (χ0) is 24.9. The Hall–Kier alpha value is -3.44. The first kappa shape index (κ1) is 25.2. The van der Waals surface area contributed by atoms with Crippen LogP contribution in [0.5, 0.6) is 0 Å². The number of hydrogen-bond acceptors (Lipinski definition) is 5. The van der Waals surface area contributed by atoms with Crippen LogP contribution in [0, 0.1) is 11.8 Å². The second kappa shape index (κ2) is 10.7. The molecule has 3 atom stereocenters. The molecule has 12 heteroatoms. The first-order chi connectivity index (χ1) is 16.1. The second-order valence-electron chi connectivity index (χ2n) is 8.42. The molecule has 2 aromatic rings. The molecule has 4 rings (SSSR count). The molecule has 2 N–H and O–H groups in total. The lowest BCUT2D eigenvalue weighted by Gasteiger charge is -2.34. The fourth-order valence-electron chi connectivity index (χ4n) is 3.79. The van der Waals surface area contributed by atoms with Gasteiger partial charge < -0.3 is 15.3 Å². The van der Waals surface area contributed by atoms with E-state index in [9.17, 15) is 22.8 Å². The molecular formula is C22H26F3N5O4. The normalized spacial score (nSPS) is 21.1. The zero-order valence-electron chi connectivity index (χ0n) is 18.5. The summed E-state index contributed by atoms with van der Waals surface area (Å²) in [5, 5.41) is 14.5. The minimum Gasteiger partial charge on any atom is -0.475 e. The molecule has 1 saturated carbocycles. The van der Waals surface area contributed by atoms with E-state index in [0.717, 1.165) is 24.1 Å². The van der Waals surface area contributed by atoms with Gasteiger partial charge in [-0.05, 0) is 42.5 Å². The Balaban J connectivity index is 0.000000406. The van der Waals surface area contributed by atoms with Crippen molar-refractivity contribution < 1.29 is 32.7 Å². The van der Waals surface area contributed by atoms with Crippen LogP contribution in [-0.2, 0) is 27.3 Å². The third-order valence-corrected chi connectivity index (χ3v) is 5.77. The Morgan fingerprint density at radius 3 is 2.41 bits per heavy atom. The molecule has 2 aromatic heterocycles. The summed E-state index contributed by atoms with van der Waals surface area (Å²) in [5.41, 5.74) is 2.14. The molecule has 0 aromatic carbocycles. The number of carbonyl (C=O) groups is 3. The fraction of sp³-hybridized carbons (Fsp3) is 0.500. The highest BCUT2D eigenvalue weighted by Crippen LogP contribution is 2.40. The van der Waals surface area contributed by atoms with E-state index in [1.54, 1.807) is 18.6 Å². The number of carboxylic acids is 1. The summed E-state index contributed by atoms with van der Waals surface area (Å²) in [4.78, 5) is 39.9. The quantitative estimate of drug-likeness (QED) is 0.653. The van der Waals surface area contributed by atoms with Crippen molar-refractivity contribution in [3.8, 4) is 0 Å². The first-order valence-electron chi connectivity index (χ1n) is 10.8. The molecule has 0 saturated heterocycles.